The molecule has 0 saturated carbocycles. The van der Waals surface area contributed by atoms with Crippen molar-refractivity contribution in [3.63, 3.8) is 0 Å². The van der Waals surface area contributed by atoms with Crippen LogP contribution in [0.5, 0.6) is 0 Å². The van der Waals surface area contributed by atoms with Crippen LogP contribution in [0, 0.1) is 0 Å². The number of unbranched alkanes of at least 4 members (excludes halogenated alkanes) is 13. The normalized spacial score (nSPS) is 10.1. The second kappa shape index (κ2) is 53.2. The van der Waals surface area contributed by atoms with Gasteiger partial charge in [-0.1, -0.05) is 116 Å². The van der Waals surface area contributed by atoms with Gasteiger partial charge in [0.25, 0.3) is 0 Å². The minimum Gasteiger partial charge on any atom is -0.536 e. The average Bonchev–Trinajstić information content (AvgIpc) is 2.96. The fraction of sp³-hybridized carbons (Fsp3) is 0.771. The van der Waals surface area contributed by atoms with Gasteiger partial charge in [0.05, 0.1) is 13.2 Å². The van der Waals surface area contributed by atoms with E-state index in [-0.39, 0.29) is 31.4 Å². The van der Waals surface area contributed by atoms with Crippen LogP contribution in [0.3, 0.4) is 0 Å². The van der Waals surface area contributed by atoms with Gasteiger partial charge in [-0.25, -0.2) is 0 Å². The van der Waals surface area contributed by atoms with E-state index in [0.29, 0.717) is 13.2 Å². The number of esters is 2. The molecule has 0 fully saturated rings. The standard InChI is InChI=1S/C13H24O2.C12H22O2.C10H20.HO2Si.Ru/c1-3-4-5-6-7-8-9-10-11-12-15-13(2)14;1-3-4-5-6-7-8-9-10-11-14-12(2)13;1-3-5-7-9-10-8-6-4-2;1-3-2;/h7-8H,3-6,9-12H2,1-2H3;6-7H,3-5,8-11H2,1-2H3;9-10H,3-8H2,1-2H3;1H;/b8-7+;7-6+;10-9+;;. The summed E-state index contributed by atoms with van der Waals surface area (Å²) < 4.78 is 18.2. The first-order valence-electron chi connectivity index (χ1n) is 16.6. The Morgan fingerprint density at radius 2 is 0.744 bits per heavy atom. The van der Waals surface area contributed by atoms with Crippen molar-refractivity contribution in [1.82, 2.24) is 0 Å². The first kappa shape index (κ1) is 51.2. The monoisotopic (exact) mass is 713 g/mol. The maximum Gasteiger partial charge on any atom is 0.591 e. The van der Waals surface area contributed by atoms with E-state index in [2.05, 4.69) is 64.2 Å². The molecule has 255 valence electrons. The summed E-state index contributed by atoms with van der Waals surface area (Å²) in [5.74, 6) is -0.353. The van der Waals surface area contributed by atoms with Crippen molar-refractivity contribution in [2.24, 2.45) is 0 Å². The van der Waals surface area contributed by atoms with E-state index in [0.717, 1.165) is 38.5 Å². The Morgan fingerprint density at radius 3 is 0.977 bits per heavy atom. The molecule has 0 aromatic heterocycles. The van der Waals surface area contributed by atoms with E-state index in [1.54, 1.807) is 0 Å². The van der Waals surface area contributed by atoms with Crippen molar-refractivity contribution in [2.75, 3.05) is 13.2 Å². The van der Waals surface area contributed by atoms with Gasteiger partial charge in [-0.05, 0) is 70.6 Å². The van der Waals surface area contributed by atoms with Crippen molar-refractivity contribution in [3.8, 4) is 0 Å². The zero-order chi connectivity index (χ0) is 32.4. The van der Waals surface area contributed by atoms with Crippen LogP contribution in [-0.2, 0) is 43.0 Å². The Morgan fingerprint density at radius 1 is 0.512 bits per heavy atom. The second-order valence-corrected chi connectivity index (χ2v) is 10.3. The van der Waals surface area contributed by atoms with Crippen LogP contribution < -0.4 is 0 Å². The summed E-state index contributed by atoms with van der Waals surface area (Å²) in [6, 6.07) is 0. The fourth-order valence-corrected chi connectivity index (χ4v) is 3.35. The van der Waals surface area contributed by atoms with E-state index in [1.807, 2.05) is 0 Å². The van der Waals surface area contributed by atoms with Gasteiger partial charge in [0.1, 0.15) is 0 Å². The smallest absolute Gasteiger partial charge is 0.536 e. The number of carbonyl (C=O) groups is 2. The van der Waals surface area contributed by atoms with Crippen LogP contribution in [0.1, 0.15) is 164 Å². The van der Waals surface area contributed by atoms with Crippen LogP contribution >= 0.6 is 0 Å². The molecule has 0 aromatic rings. The zero-order valence-electron chi connectivity index (χ0n) is 28.7. The molecule has 43 heavy (non-hydrogen) atoms. The van der Waals surface area contributed by atoms with Crippen LogP contribution in [0.25, 0.3) is 0 Å². The summed E-state index contributed by atoms with van der Waals surface area (Å²) in [5.41, 5.74) is 0. The molecule has 1 radical (unpaired) electrons. The maximum atomic E-state index is 10.4. The molecule has 0 saturated heterocycles. The number of hydrogen-bond donors (Lipinski definition) is 1. The Balaban J connectivity index is -0.000000161. The summed E-state index contributed by atoms with van der Waals surface area (Å²) >= 11 is 0. The van der Waals surface area contributed by atoms with Crippen molar-refractivity contribution in [1.29, 1.82) is 0 Å². The largest absolute Gasteiger partial charge is 0.591 e. The maximum absolute atomic E-state index is 10.4. The summed E-state index contributed by atoms with van der Waals surface area (Å²) in [6.45, 7) is 12.9. The van der Waals surface area contributed by atoms with Gasteiger partial charge >= 0.3 is 21.6 Å². The predicted octanol–water partition coefficient (Wildman–Crippen LogP) is 10.2. The molecule has 0 atom stereocenters. The van der Waals surface area contributed by atoms with Gasteiger partial charge in [-0.15, -0.1) is 0 Å². The average molecular weight is 713 g/mol. The van der Waals surface area contributed by atoms with Gasteiger partial charge in [0, 0.05) is 33.3 Å². The first-order valence-corrected chi connectivity index (χ1v) is 17.5. The third-order valence-corrected chi connectivity index (χ3v) is 5.79. The van der Waals surface area contributed by atoms with E-state index in [9.17, 15) is 9.59 Å². The molecule has 0 aliphatic carbocycles. The van der Waals surface area contributed by atoms with Crippen molar-refractivity contribution in [2.45, 2.75) is 164 Å². The Hall–Kier alpha value is -1.40. The molecule has 6 nitrogen and oxygen atoms in total. The van der Waals surface area contributed by atoms with Crippen LogP contribution in [0.2, 0.25) is 0 Å². The topological polar surface area (TPSA) is 89.9 Å². The van der Waals surface area contributed by atoms with Crippen molar-refractivity contribution >= 4 is 21.6 Å². The van der Waals surface area contributed by atoms with Crippen LogP contribution in [0.4, 0.5) is 0 Å². The number of rotatable bonds is 23. The van der Waals surface area contributed by atoms with Crippen LogP contribution in [-0.4, -0.2) is 39.6 Å². The third-order valence-electron chi connectivity index (χ3n) is 5.79. The molecule has 0 aliphatic rings. The summed E-state index contributed by atoms with van der Waals surface area (Å²) in [5, 5.41) is 0. The molecular weight excluding hydrogens is 646 g/mol. The molecule has 0 aromatic carbocycles. The Labute approximate surface area is 281 Å². The number of carbonyl (C=O) groups excluding carboxylic acids is 2. The molecule has 8 heteroatoms. The van der Waals surface area contributed by atoms with Crippen molar-refractivity contribution in [3.05, 3.63) is 36.5 Å². The second-order valence-electron chi connectivity index (χ2n) is 10.1. The molecule has 0 amide bonds. The fourth-order valence-electron chi connectivity index (χ4n) is 3.35. The molecular formula is C35H67O6RuSi. The predicted molar refractivity (Wildman–Crippen MR) is 180 cm³/mol. The summed E-state index contributed by atoms with van der Waals surface area (Å²) in [7, 11) is -1.17. The van der Waals surface area contributed by atoms with Crippen molar-refractivity contribution < 1.29 is 47.8 Å². The van der Waals surface area contributed by atoms with E-state index in [1.165, 1.54) is 97.3 Å². The molecule has 0 bridgehead atoms. The minimum absolute atomic E-state index is 0. The minimum atomic E-state index is -1.17. The molecule has 0 heterocycles. The molecule has 0 rings (SSSR count). The first-order chi connectivity index (χ1) is 20.4. The quantitative estimate of drug-likeness (QED) is 0.0491. The molecule has 0 aliphatic heterocycles. The molecule has 0 spiro atoms. The Bertz CT molecular complexity index is 613. The van der Waals surface area contributed by atoms with Gasteiger partial charge in [-0.2, -0.15) is 0 Å². The van der Waals surface area contributed by atoms with Crippen LogP contribution in [0.15, 0.2) is 36.5 Å². The number of allylic oxidation sites excluding steroid dienone is 6. The molecule has 0 unspecified atom stereocenters. The van der Waals surface area contributed by atoms with E-state index in [4.69, 9.17) is 18.7 Å². The van der Waals surface area contributed by atoms with Gasteiger partial charge in [-0.3, -0.25) is 9.59 Å². The Kier molecular flexibility index (Phi) is 63.3. The zero-order valence-corrected chi connectivity index (χ0v) is 31.4. The van der Waals surface area contributed by atoms with E-state index >= 15 is 0 Å². The van der Waals surface area contributed by atoms with E-state index < -0.39 is 9.65 Å². The SMILES string of the molecule is CCCC/C=C/CCCC.CCCC/C=C/CCCCOC(C)=O.CCCCC/C=C/CCCCOC(C)=O.O=[Si]O.[Ru]. The van der Waals surface area contributed by atoms with Gasteiger partial charge in [0.15, 0.2) is 0 Å². The summed E-state index contributed by atoms with van der Waals surface area (Å²) in [6.07, 6.45) is 36.7. The third kappa shape index (κ3) is 74.0. The molecule has 1 N–H and O–H groups in total. The summed E-state index contributed by atoms with van der Waals surface area (Å²) in [4.78, 5) is 27.9. The number of ether oxygens (including phenoxy) is 2. The number of hydrogen-bond acceptors (Lipinski definition) is 5. The van der Waals surface area contributed by atoms with Gasteiger partial charge in [0.2, 0.25) is 0 Å². The van der Waals surface area contributed by atoms with Gasteiger partial charge < -0.3 is 18.7 Å².